The van der Waals surface area contributed by atoms with Gasteiger partial charge in [0.05, 0.1) is 28.9 Å². The van der Waals surface area contributed by atoms with Crippen LogP contribution in [0.2, 0.25) is 0 Å². The van der Waals surface area contributed by atoms with Crippen molar-refractivity contribution in [2.75, 3.05) is 6.61 Å². The normalized spacial score (nSPS) is 10.8. The molecule has 6 nitrogen and oxygen atoms in total. The van der Waals surface area contributed by atoms with Gasteiger partial charge in [-0.2, -0.15) is 0 Å². The zero-order valence-electron chi connectivity index (χ0n) is 12.3. The first-order valence-corrected chi connectivity index (χ1v) is 6.96. The maximum Gasteiger partial charge on any atom is 0.339 e. The third-order valence-corrected chi connectivity index (χ3v) is 3.37. The molecule has 0 spiro atoms. The molecule has 0 radical (unpaired) electrons. The highest BCUT2D eigenvalue weighted by atomic mass is 16.5. The predicted molar refractivity (Wildman–Crippen MR) is 82.4 cm³/mol. The molecule has 112 valence electrons. The Morgan fingerprint density at radius 3 is 2.73 bits per heavy atom. The Morgan fingerprint density at radius 2 is 2.05 bits per heavy atom. The summed E-state index contributed by atoms with van der Waals surface area (Å²) in [7, 11) is 0. The van der Waals surface area contributed by atoms with E-state index in [1.807, 2.05) is 30.3 Å². The van der Waals surface area contributed by atoms with Gasteiger partial charge in [0, 0.05) is 0 Å². The molecule has 6 heteroatoms. The number of nitrogens with one attached hydrogen (secondary N) is 1. The minimum Gasteiger partial charge on any atom is -0.462 e. The fourth-order valence-electron chi connectivity index (χ4n) is 2.31. The molecule has 0 saturated carbocycles. The number of aryl methyl sites for hydroxylation is 1. The van der Waals surface area contributed by atoms with Crippen molar-refractivity contribution in [1.29, 1.82) is 0 Å². The van der Waals surface area contributed by atoms with Crippen molar-refractivity contribution in [1.82, 2.24) is 14.8 Å². The van der Waals surface area contributed by atoms with Crippen molar-refractivity contribution in [2.24, 2.45) is 0 Å². The maximum absolute atomic E-state index is 12.5. The molecule has 0 aliphatic heterocycles. The topological polar surface area (TPSA) is 77.0 Å². The molecule has 3 aromatic rings. The van der Waals surface area contributed by atoms with E-state index in [1.54, 1.807) is 13.8 Å². The molecule has 2 aromatic heterocycles. The summed E-state index contributed by atoms with van der Waals surface area (Å²) in [5, 5.41) is 3.32. The molecule has 22 heavy (non-hydrogen) atoms. The Morgan fingerprint density at radius 1 is 1.32 bits per heavy atom. The molecule has 0 fully saturated rings. The number of carbonyl (C=O) groups is 1. The van der Waals surface area contributed by atoms with Crippen LogP contribution in [0.4, 0.5) is 0 Å². The molecular weight excluding hydrogens is 282 g/mol. The SMILES string of the molecule is CCOC(=O)c1cc2c(=O)n(-c3ccccc3)[nH]c2nc1C. The Bertz CT molecular complexity index is 894. The van der Waals surface area contributed by atoms with Crippen LogP contribution in [0.1, 0.15) is 23.0 Å². The van der Waals surface area contributed by atoms with Crippen LogP contribution in [0.25, 0.3) is 16.7 Å². The first kappa shape index (κ1) is 14.1. The summed E-state index contributed by atoms with van der Waals surface area (Å²) in [4.78, 5) is 28.7. The Hall–Kier alpha value is -2.89. The fraction of sp³-hybridized carbons (Fsp3) is 0.188. The van der Waals surface area contributed by atoms with Crippen LogP contribution in [0.5, 0.6) is 0 Å². The molecule has 0 aliphatic rings. The molecule has 0 amide bonds. The summed E-state index contributed by atoms with van der Waals surface area (Å²) in [6.07, 6.45) is 0. The Kier molecular flexibility index (Phi) is 3.50. The van der Waals surface area contributed by atoms with Crippen molar-refractivity contribution < 1.29 is 9.53 Å². The zero-order valence-corrected chi connectivity index (χ0v) is 12.3. The number of nitrogens with zero attached hydrogens (tertiary/aromatic N) is 2. The smallest absolute Gasteiger partial charge is 0.339 e. The zero-order chi connectivity index (χ0) is 15.7. The number of hydrogen-bond acceptors (Lipinski definition) is 4. The monoisotopic (exact) mass is 297 g/mol. The lowest BCUT2D eigenvalue weighted by Crippen LogP contribution is -2.14. The van der Waals surface area contributed by atoms with Crippen LogP contribution in [0.3, 0.4) is 0 Å². The van der Waals surface area contributed by atoms with Crippen LogP contribution < -0.4 is 5.56 Å². The Labute approximate surface area is 126 Å². The van der Waals surface area contributed by atoms with Gasteiger partial charge in [0.25, 0.3) is 5.56 Å². The predicted octanol–water partition coefficient (Wildman–Crippen LogP) is 2.20. The van der Waals surface area contributed by atoms with Crippen LogP contribution in [0.15, 0.2) is 41.2 Å². The molecule has 0 saturated heterocycles. The van der Waals surface area contributed by atoms with Gasteiger partial charge in [-0.15, -0.1) is 0 Å². The molecule has 3 rings (SSSR count). The van der Waals surface area contributed by atoms with Gasteiger partial charge in [-0.3, -0.25) is 9.89 Å². The second-order valence-corrected chi connectivity index (χ2v) is 4.83. The van der Waals surface area contributed by atoms with E-state index < -0.39 is 5.97 Å². The van der Waals surface area contributed by atoms with Gasteiger partial charge < -0.3 is 4.74 Å². The van der Waals surface area contributed by atoms with Crippen molar-refractivity contribution in [2.45, 2.75) is 13.8 Å². The van der Waals surface area contributed by atoms with Gasteiger partial charge in [-0.05, 0) is 32.0 Å². The number of H-pyrrole nitrogens is 1. The number of rotatable bonds is 3. The largest absolute Gasteiger partial charge is 0.462 e. The van der Waals surface area contributed by atoms with Gasteiger partial charge in [-0.25, -0.2) is 14.5 Å². The van der Waals surface area contributed by atoms with Crippen LogP contribution in [-0.4, -0.2) is 27.3 Å². The average molecular weight is 297 g/mol. The van der Waals surface area contributed by atoms with E-state index in [4.69, 9.17) is 4.74 Å². The number of aromatic nitrogens is 3. The van der Waals surface area contributed by atoms with Gasteiger partial charge in [0.15, 0.2) is 5.65 Å². The molecule has 2 heterocycles. The summed E-state index contributed by atoms with van der Waals surface area (Å²) in [6.45, 7) is 3.72. The van der Waals surface area contributed by atoms with E-state index in [0.29, 0.717) is 28.0 Å². The minimum atomic E-state index is -0.471. The van der Waals surface area contributed by atoms with E-state index in [-0.39, 0.29) is 12.2 Å². The molecule has 0 unspecified atom stereocenters. The molecule has 1 aromatic carbocycles. The number of esters is 1. The van der Waals surface area contributed by atoms with Crippen molar-refractivity contribution in [3.63, 3.8) is 0 Å². The van der Waals surface area contributed by atoms with E-state index in [0.717, 1.165) is 0 Å². The van der Waals surface area contributed by atoms with Crippen LogP contribution in [-0.2, 0) is 4.74 Å². The lowest BCUT2D eigenvalue weighted by Gasteiger charge is -2.03. The van der Waals surface area contributed by atoms with Gasteiger partial charge in [0.1, 0.15) is 0 Å². The molecule has 0 aliphatic carbocycles. The quantitative estimate of drug-likeness (QED) is 0.752. The standard InChI is InChI=1S/C16H15N3O3/c1-3-22-16(21)12-9-13-14(17-10(12)2)18-19(15(13)20)11-7-5-4-6-8-11/h4-9H,3H2,1-2H3,(H,17,18). The number of ether oxygens (including phenoxy) is 1. The van der Waals surface area contributed by atoms with E-state index >= 15 is 0 Å². The average Bonchev–Trinajstić information content (AvgIpc) is 2.84. The molecule has 0 bridgehead atoms. The summed E-state index contributed by atoms with van der Waals surface area (Å²) in [5.74, 6) is -0.471. The number of fused-ring (bicyclic) bond motifs is 1. The summed E-state index contributed by atoms with van der Waals surface area (Å²) in [5.41, 5.74) is 1.73. The first-order chi connectivity index (χ1) is 10.6. The maximum atomic E-state index is 12.5. The van der Waals surface area contributed by atoms with E-state index in [9.17, 15) is 9.59 Å². The fourth-order valence-corrected chi connectivity index (χ4v) is 2.31. The third kappa shape index (κ3) is 2.28. The number of benzene rings is 1. The van der Waals surface area contributed by atoms with Crippen molar-refractivity contribution >= 4 is 17.0 Å². The second kappa shape index (κ2) is 5.48. The number of aromatic amines is 1. The molecule has 0 atom stereocenters. The highest BCUT2D eigenvalue weighted by molar-refractivity contribution is 5.94. The van der Waals surface area contributed by atoms with Crippen LogP contribution >= 0.6 is 0 Å². The summed E-state index contributed by atoms with van der Waals surface area (Å²) >= 11 is 0. The number of pyridine rings is 1. The Balaban J connectivity index is 2.19. The minimum absolute atomic E-state index is 0.251. The summed E-state index contributed by atoms with van der Waals surface area (Å²) < 4.78 is 6.40. The highest BCUT2D eigenvalue weighted by Gasteiger charge is 2.17. The lowest BCUT2D eigenvalue weighted by atomic mass is 10.2. The van der Waals surface area contributed by atoms with Gasteiger partial charge >= 0.3 is 5.97 Å². The molecular formula is C16H15N3O3. The number of carbonyl (C=O) groups excluding carboxylic acids is 1. The lowest BCUT2D eigenvalue weighted by molar-refractivity contribution is 0.0525. The first-order valence-electron chi connectivity index (χ1n) is 6.96. The molecule has 1 N–H and O–H groups in total. The van der Waals surface area contributed by atoms with Crippen molar-refractivity contribution in [3.05, 3.63) is 58.0 Å². The van der Waals surface area contributed by atoms with Gasteiger partial charge in [-0.1, -0.05) is 18.2 Å². The highest BCUT2D eigenvalue weighted by Crippen LogP contribution is 2.15. The van der Waals surface area contributed by atoms with Crippen molar-refractivity contribution in [3.8, 4) is 5.69 Å². The van der Waals surface area contributed by atoms with E-state index in [2.05, 4.69) is 10.1 Å². The third-order valence-electron chi connectivity index (χ3n) is 3.37. The van der Waals surface area contributed by atoms with E-state index in [1.165, 1.54) is 10.7 Å². The number of hydrogen-bond donors (Lipinski definition) is 1. The van der Waals surface area contributed by atoms with Crippen LogP contribution in [0, 0.1) is 6.92 Å². The second-order valence-electron chi connectivity index (χ2n) is 4.83. The number of para-hydroxylation sites is 1. The summed E-state index contributed by atoms with van der Waals surface area (Å²) in [6, 6.07) is 10.7. The van der Waals surface area contributed by atoms with Gasteiger partial charge in [0.2, 0.25) is 0 Å².